The number of alkyl halides is 1. The van der Waals surface area contributed by atoms with Gasteiger partial charge >= 0.3 is 0 Å². The minimum absolute atomic E-state index is 0.260. The molecule has 0 atom stereocenters. The largest absolute Gasteiger partial charge is 0.207 e. The predicted molar refractivity (Wildman–Crippen MR) is 81.5 cm³/mol. The molecule has 0 saturated carbocycles. The molecule has 0 aliphatic rings. The highest BCUT2D eigenvalue weighted by molar-refractivity contribution is 6.34. The molecule has 0 amide bonds. The van der Waals surface area contributed by atoms with Gasteiger partial charge in [-0.1, -0.05) is 47.5 Å². The number of hydrogen-bond donors (Lipinski definition) is 0. The molecule has 0 aliphatic heterocycles. The van der Waals surface area contributed by atoms with Gasteiger partial charge in [-0.25, -0.2) is 4.39 Å². The first-order valence-corrected chi connectivity index (χ1v) is 6.87. The van der Waals surface area contributed by atoms with Gasteiger partial charge in [0.1, 0.15) is 5.82 Å². The molecule has 0 radical (unpaired) electrons. The summed E-state index contributed by atoms with van der Waals surface area (Å²) in [5, 5.41) is 0.960. The maximum Gasteiger partial charge on any atom is 0.124 e. The summed E-state index contributed by atoms with van der Waals surface area (Å²) in [7, 11) is 0. The molecule has 0 saturated heterocycles. The van der Waals surface area contributed by atoms with Crippen molar-refractivity contribution >= 4 is 46.5 Å². The highest BCUT2D eigenvalue weighted by atomic mass is 35.5. The molecule has 0 spiro atoms. The molecule has 0 fully saturated rings. The normalized spacial score (nSPS) is 11.7. The Balaban J connectivity index is 2.48. The molecule has 0 aromatic heterocycles. The first kappa shape index (κ1) is 14.4. The lowest BCUT2D eigenvalue weighted by molar-refractivity contribution is 0.628. The third-order valence-corrected chi connectivity index (χ3v) is 3.60. The van der Waals surface area contributed by atoms with Crippen molar-refractivity contribution in [2.45, 2.75) is 0 Å². The van der Waals surface area contributed by atoms with E-state index in [2.05, 4.69) is 0 Å². The van der Waals surface area contributed by atoms with E-state index < -0.39 is 0 Å². The Hall–Kier alpha value is -1.02. The highest BCUT2D eigenvalue weighted by Crippen LogP contribution is 2.29. The van der Waals surface area contributed by atoms with Crippen molar-refractivity contribution in [1.82, 2.24) is 0 Å². The third-order valence-electron chi connectivity index (χ3n) is 2.66. The minimum Gasteiger partial charge on any atom is -0.207 e. The third kappa shape index (κ3) is 3.50. The molecule has 2 aromatic rings. The first-order chi connectivity index (χ1) is 9.11. The minimum atomic E-state index is -0.375. The Kier molecular flexibility index (Phi) is 4.87. The molecular weight excluding hydrogens is 306 g/mol. The Bertz CT molecular complexity index is 621. The van der Waals surface area contributed by atoms with Crippen molar-refractivity contribution in [3.63, 3.8) is 0 Å². The van der Waals surface area contributed by atoms with Crippen LogP contribution in [0, 0.1) is 5.82 Å². The molecule has 98 valence electrons. The fourth-order valence-electron chi connectivity index (χ4n) is 1.72. The van der Waals surface area contributed by atoms with Gasteiger partial charge in [-0.2, -0.15) is 0 Å². The summed E-state index contributed by atoms with van der Waals surface area (Å²) in [5.74, 6) is -0.114. The second-order valence-corrected chi connectivity index (χ2v) is 5.03. The predicted octanol–water partition coefficient (Wildman–Crippen LogP) is 5.91. The van der Waals surface area contributed by atoms with Crippen molar-refractivity contribution < 1.29 is 4.39 Å². The van der Waals surface area contributed by atoms with Crippen LogP contribution >= 0.6 is 34.8 Å². The summed E-state index contributed by atoms with van der Waals surface area (Å²) in [4.78, 5) is 0. The zero-order valence-corrected chi connectivity index (χ0v) is 12.1. The van der Waals surface area contributed by atoms with Crippen molar-refractivity contribution in [2.24, 2.45) is 0 Å². The van der Waals surface area contributed by atoms with Crippen LogP contribution in [-0.2, 0) is 0 Å². The SMILES string of the molecule is Fc1ccc(/C(=C/c2ccccc2Cl)CCl)c(Cl)c1. The lowest BCUT2D eigenvalue weighted by Crippen LogP contribution is -1.89. The van der Waals surface area contributed by atoms with Crippen molar-refractivity contribution in [3.8, 4) is 0 Å². The van der Waals surface area contributed by atoms with Crippen LogP contribution < -0.4 is 0 Å². The molecule has 0 nitrogen and oxygen atoms in total. The fourth-order valence-corrected chi connectivity index (χ4v) is 2.42. The zero-order chi connectivity index (χ0) is 13.8. The molecule has 0 N–H and O–H groups in total. The molecule has 19 heavy (non-hydrogen) atoms. The summed E-state index contributed by atoms with van der Waals surface area (Å²) in [6.45, 7) is 0. The Morgan fingerprint density at radius 1 is 1.05 bits per heavy atom. The van der Waals surface area contributed by atoms with Gasteiger partial charge in [-0.15, -0.1) is 11.6 Å². The average Bonchev–Trinajstić information content (AvgIpc) is 2.39. The smallest absolute Gasteiger partial charge is 0.124 e. The van der Waals surface area contributed by atoms with Crippen LogP contribution in [0.4, 0.5) is 4.39 Å². The van der Waals surface area contributed by atoms with Gasteiger partial charge in [0, 0.05) is 10.9 Å². The summed E-state index contributed by atoms with van der Waals surface area (Å²) in [6.07, 6.45) is 1.86. The maximum atomic E-state index is 13.0. The Morgan fingerprint density at radius 3 is 2.42 bits per heavy atom. The second-order valence-electron chi connectivity index (χ2n) is 3.95. The van der Waals surface area contributed by atoms with Crippen LogP contribution in [0.2, 0.25) is 10.0 Å². The lowest BCUT2D eigenvalue weighted by atomic mass is 10.0. The van der Waals surface area contributed by atoms with E-state index >= 15 is 0 Å². The monoisotopic (exact) mass is 314 g/mol. The van der Waals surface area contributed by atoms with Crippen LogP contribution in [0.3, 0.4) is 0 Å². The molecule has 0 heterocycles. The van der Waals surface area contributed by atoms with Crippen molar-refractivity contribution in [1.29, 1.82) is 0 Å². The molecule has 2 aromatic carbocycles. The van der Waals surface area contributed by atoms with Gasteiger partial charge in [0.05, 0.1) is 5.02 Å². The number of rotatable bonds is 3. The Morgan fingerprint density at radius 2 is 1.79 bits per heavy atom. The topological polar surface area (TPSA) is 0 Å². The zero-order valence-electron chi connectivity index (χ0n) is 9.84. The number of allylic oxidation sites excluding steroid dienone is 1. The molecule has 4 heteroatoms. The van der Waals surface area contributed by atoms with Crippen LogP contribution in [0.15, 0.2) is 42.5 Å². The van der Waals surface area contributed by atoms with Crippen molar-refractivity contribution in [3.05, 3.63) is 69.5 Å². The van der Waals surface area contributed by atoms with Gasteiger partial charge in [0.2, 0.25) is 0 Å². The molecule has 0 bridgehead atoms. The van der Waals surface area contributed by atoms with Gasteiger partial charge < -0.3 is 0 Å². The summed E-state index contributed by atoms with van der Waals surface area (Å²) in [6, 6.07) is 11.7. The highest BCUT2D eigenvalue weighted by Gasteiger charge is 2.08. The summed E-state index contributed by atoms with van der Waals surface area (Å²) in [5.41, 5.74) is 2.35. The lowest BCUT2D eigenvalue weighted by Gasteiger charge is -2.08. The van der Waals surface area contributed by atoms with Crippen LogP contribution in [-0.4, -0.2) is 5.88 Å². The fraction of sp³-hybridized carbons (Fsp3) is 0.0667. The Labute approximate surface area is 126 Å². The first-order valence-electron chi connectivity index (χ1n) is 5.58. The van der Waals surface area contributed by atoms with Gasteiger partial charge in [0.25, 0.3) is 0 Å². The summed E-state index contributed by atoms with van der Waals surface area (Å²) >= 11 is 18.1. The summed E-state index contributed by atoms with van der Waals surface area (Å²) < 4.78 is 13.0. The number of benzene rings is 2. The van der Waals surface area contributed by atoms with Crippen LogP contribution in [0.5, 0.6) is 0 Å². The molecule has 0 aliphatic carbocycles. The van der Waals surface area contributed by atoms with Crippen LogP contribution in [0.25, 0.3) is 11.6 Å². The quantitative estimate of drug-likeness (QED) is 0.488. The van der Waals surface area contributed by atoms with Gasteiger partial charge in [-0.3, -0.25) is 0 Å². The van der Waals surface area contributed by atoms with E-state index in [4.69, 9.17) is 34.8 Å². The number of halogens is 4. The standard InChI is InChI=1S/C15H10Cl3F/c16-9-11(7-10-3-1-2-4-14(10)17)13-6-5-12(19)8-15(13)18/h1-8H,9H2/b11-7+. The van der Waals surface area contributed by atoms with E-state index in [0.717, 1.165) is 11.1 Å². The van der Waals surface area contributed by atoms with E-state index in [0.29, 0.717) is 15.6 Å². The van der Waals surface area contributed by atoms with E-state index in [9.17, 15) is 4.39 Å². The van der Waals surface area contributed by atoms with E-state index in [1.807, 2.05) is 24.3 Å². The second kappa shape index (κ2) is 6.42. The van der Waals surface area contributed by atoms with E-state index in [1.54, 1.807) is 12.1 Å². The molecular formula is C15H10Cl3F. The maximum absolute atomic E-state index is 13.0. The number of hydrogen-bond acceptors (Lipinski definition) is 0. The molecule has 2 rings (SSSR count). The van der Waals surface area contributed by atoms with Crippen molar-refractivity contribution in [2.75, 3.05) is 5.88 Å². The van der Waals surface area contributed by atoms with E-state index in [1.165, 1.54) is 12.1 Å². The average molecular weight is 316 g/mol. The molecule has 0 unspecified atom stereocenters. The van der Waals surface area contributed by atoms with Gasteiger partial charge in [-0.05, 0) is 41.0 Å². The van der Waals surface area contributed by atoms with E-state index in [-0.39, 0.29) is 11.7 Å². The van der Waals surface area contributed by atoms with Crippen LogP contribution in [0.1, 0.15) is 11.1 Å². The van der Waals surface area contributed by atoms with Gasteiger partial charge in [0.15, 0.2) is 0 Å².